The van der Waals surface area contributed by atoms with E-state index in [0.717, 1.165) is 4.47 Å². The van der Waals surface area contributed by atoms with E-state index in [1.54, 1.807) is 18.2 Å². The van der Waals surface area contributed by atoms with E-state index < -0.39 is 0 Å². The van der Waals surface area contributed by atoms with E-state index in [1.807, 2.05) is 22.6 Å². The Labute approximate surface area is 136 Å². The van der Waals surface area contributed by atoms with Crippen LogP contribution in [0.1, 0.15) is 10.4 Å². The van der Waals surface area contributed by atoms with Crippen molar-refractivity contribution in [3.05, 3.63) is 60.8 Å². The number of hydrogen-bond acceptors (Lipinski definition) is 1. The van der Waals surface area contributed by atoms with Crippen molar-refractivity contribution in [1.82, 2.24) is 0 Å². The summed E-state index contributed by atoms with van der Waals surface area (Å²) in [6.45, 7) is 0. The molecule has 19 heavy (non-hydrogen) atoms. The highest BCUT2D eigenvalue weighted by molar-refractivity contribution is 14.1. The smallest absolute Gasteiger partial charge is 0.255 e. The molecule has 2 rings (SSSR count). The van der Waals surface area contributed by atoms with Crippen molar-refractivity contribution in [3.63, 3.8) is 0 Å². The van der Waals surface area contributed by atoms with E-state index in [0.29, 0.717) is 19.8 Å². The maximum Gasteiger partial charge on any atom is 0.255 e. The summed E-state index contributed by atoms with van der Waals surface area (Å²) in [5.74, 6) is -0.631. The van der Waals surface area contributed by atoms with Gasteiger partial charge in [0.25, 0.3) is 5.91 Å². The Balaban J connectivity index is 2.23. The van der Waals surface area contributed by atoms with Gasteiger partial charge in [-0.1, -0.05) is 11.6 Å². The summed E-state index contributed by atoms with van der Waals surface area (Å²) in [5, 5.41) is 3.17. The molecule has 0 bridgehead atoms. The largest absolute Gasteiger partial charge is 0.321 e. The first-order valence-electron chi connectivity index (χ1n) is 5.19. The zero-order valence-corrected chi connectivity index (χ0v) is 13.9. The van der Waals surface area contributed by atoms with Crippen LogP contribution in [-0.4, -0.2) is 5.91 Å². The van der Waals surface area contributed by atoms with Gasteiger partial charge in [-0.05, 0) is 74.9 Å². The third-order valence-electron chi connectivity index (χ3n) is 2.36. The number of carbonyl (C=O) groups excluding carboxylic acids is 1. The van der Waals surface area contributed by atoms with E-state index >= 15 is 0 Å². The Morgan fingerprint density at radius 3 is 2.63 bits per heavy atom. The molecule has 2 aromatic rings. The number of benzene rings is 2. The second-order valence-electron chi connectivity index (χ2n) is 3.71. The van der Waals surface area contributed by atoms with Crippen LogP contribution in [0.3, 0.4) is 0 Å². The van der Waals surface area contributed by atoms with E-state index in [1.165, 1.54) is 18.2 Å². The van der Waals surface area contributed by atoms with Crippen LogP contribution in [0, 0.1) is 9.39 Å². The molecule has 0 radical (unpaired) electrons. The molecule has 0 spiro atoms. The second kappa shape index (κ2) is 6.19. The molecule has 0 fully saturated rings. The minimum Gasteiger partial charge on any atom is -0.321 e. The first-order valence-corrected chi connectivity index (χ1v) is 7.44. The Hall–Kier alpha value is -0.660. The number of amides is 1. The molecular formula is C13H7BrClFINO. The predicted octanol–water partition coefficient (Wildman–Crippen LogP) is 5.10. The molecule has 6 heteroatoms. The SMILES string of the molecule is O=C(Nc1ccc(F)cc1I)c1ccc(Br)c(Cl)c1. The van der Waals surface area contributed by atoms with Gasteiger partial charge in [0.2, 0.25) is 0 Å². The van der Waals surface area contributed by atoms with Crippen LogP contribution < -0.4 is 5.32 Å². The van der Waals surface area contributed by atoms with Crippen LogP contribution in [0.2, 0.25) is 5.02 Å². The molecule has 98 valence electrons. The van der Waals surface area contributed by atoms with Gasteiger partial charge in [0, 0.05) is 13.6 Å². The first kappa shape index (κ1) is 14.7. The molecule has 0 saturated heterocycles. The zero-order valence-electron chi connectivity index (χ0n) is 9.38. The summed E-state index contributed by atoms with van der Waals surface area (Å²) >= 11 is 11.2. The lowest BCUT2D eigenvalue weighted by Crippen LogP contribution is -2.12. The van der Waals surface area contributed by atoms with Crippen molar-refractivity contribution >= 4 is 61.7 Å². The highest BCUT2D eigenvalue weighted by Gasteiger charge is 2.10. The van der Waals surface area contributed by atoms with E-state index in [4.69, 9.17) is 11.6 Å². The van der Waals surface area contributed by atoms with Crippen molar-refractivity contribution in [3.8, 4) is 0 Å². The standard InChI is InChI=1S/C13H7BrClFINO/c14-9-3-1-7(5-10(9)15)13(19)18-12-4-2-8(16)6-11(12)17/h1-6H,(H,18,19). The van der Waals surface area contributed by atoms with E-state index in [9.17, 15) is 9.18 Å². The van der Waals surface area contributed by atoms with E-state index in [-0.39, 0.29) is 11.7 Å². The number of rotatable bonds is 2. The maximum absolute atomic E-state index is 13.0. The lowest BCUT2D eigenvalue weighted by atomic mass is 10.2. The fraction of sp³-hybridized carbons (Fsp3) is 0. The molecule has 1 amide bonds. The Bertz CT molecular complexity index is 651. The topological polar surface area (TPSA) is 29.1 Å². The number of hydrogen-bond donors (Lipinski definition) is 1. The van der Waals surface area contributed by atoms with Crippen molar-refractivity contribution in [2.75, 3.05) is 5.32 Å². The molecule has 0 saturated carbocycles. The monoisotopic (exact) mass is 453 g/mol. The molecule has 0 atom stereocenters. The van der Waals surface area contributed by atoms with Crippen LogP contribution >= 0.6 is 50.1 Å². The van der Waals surface area contributed by atoms with Crippen LogP contribution in [0.5, 0.6) is 0 Å². The summed E-state index contributed by atoms with van der Waals surface area (Å²) < 4.78 is 14.3. The van der Waals surface area contributed by atoms with Gasteiger partial charge >= 0.3 is 0 Å². The van der Waals surface area contributed by atoms with Crippen molar-refractivity contribution in [2.24, 2.45) is 0 Å². The second-order valence-corrected chi connectivity index (χ2v) is 6.13. The summed E-state index contributed by atoms with van der Waals surface area (Å²) in [6, 6.07) is 9.10. The normalized spacial score (nSPS) is 10.3. The van der Waals surface area contributed by atoms with Gasteiger partial charge in [0.15, 0.2) is 0 Å². The van der Waals surface area contributed by atoms with Gasteiger partial charge in [-0.25, -0.2) is 4.39 Å². The summed E-state index contributed by atoms with van der Waals surface area (Å²) in [7, 11) is 0. The van der Waals surface area contributed by atoms with Crippen molar-refractivity contribution < 1.29 is 9.18 Å². The molecule has 1 N–H and O–H groups in total. The number of anilines is 1. The Morgan fingerprint density at radius 1 is 1.26 bits per heavy atom. The molecule has 0 aliphatic carbocycles. The number of nitrogens with one attached hydrogen (secondary N) is 1. The van der Waals surface area contributed by atoms with Gasteiger partial charge in [0.05, 0.1) is 10.7 Å². The zero-order chi connectivity index (χ0) is 14.0. The van der Waals surface area contributed by atoms with Gasteiger partial charge in [-0.15, -0.1) is 0 Å². The Morgan fingerprint density at radius 2 is 2.00 bits per heavy atom. The van der Waals surface area contributed by atoms with Crippen molar-refractivity contribution in [1.29, 1.82) is 0 Å². The van der Waals surface area contributed by atoms with Gasteiger partial charge in [-0.3, -0.25) is 4.79 Å². The molecule has 0 aliphatic rings. The van der Waals surface area contributed by atoms with Gasteiger partial charge < -0.3 is 5.32 Å². The summed E-state index contributed by atoms with van der Waals surface area (Å²) in [6.07, 6.45) is 0. The lowest BCUT2D eigenvalue weighted by molar-refractivity contribution is 0.102. The van der Waals surface area contributed by atoms with Gasteiger partial charge in [0.1, 0.15) is 5.82 Å². The lowest BCUT2D eigenvalue weighted by Gasteiger charge is -2.08. The first-order chi connectivity index (χ1) is 8.97. The Kier molecular flexibility index (Phi) is 4.81. The number of carbonyl (C=O) groups is 1. The average molecular weight is 454 g/mol. The average Bonchev–Trinajstić information content (AvgIpc) is 2.36. The fourth-order valence-corrected chi connectivity index (χ4v) is 2.46. The predicted molar refractivity (Wildman–Crippen MR) is 86.2 cm³/mol. The summed E-state index contributed by atoms with van der Waals surface area (Å²) in [4.78, 5) is 12.0. The molecular weight excluding hydrogens is 447 g/mol. The number of halogens is 4. The van der Waals surface area contributed by atoms with Crippen molar-refractivity contribution in [2.45, 2.75) is 0 Å². The fourth-order valence-electron chi connectivity index (χ4n) is 1.42. The van der Waals surface area contributed by atoms with Crippen LogP contribution in [-0.2, 0) is 0 Å². The molecule has 2 nitrogen and oxygen atoms in total. The third-order valence-corrected chi connectivity index (χ3v) is 4.49. The minimum absolute atomic E-state index is 0.293. The minimum atomic E-state index is -0.339. The quantitative estimate of drug-likeness (QED) is 0.629. The third kappa shape index (κ3) is 3.67. The molecule has 2 aromatic carbocycles. The molecule has 0 heterocycles. The van der Waals surface area contributed by atoms with E-state index in [2.05, 4.69) is 21.2 Å². The highest BCUT2D eigenvalue weighted by atomic mass is 127. The maximum atomic E-state index is 13.0. The molecule has 0 unspecified atom stereocenters. The molecule has 0 aliphatic heterocycles. The van der Waals surface area contributed by atoms with Crippen LogP contribution in [0.4, 0.5) is 10.1 Å². The van der Waals surface area contributed by atoms with Gasteiger partial charge in [-0.2, -0.15) is 0 Å². The molecule has 0 aromatic heterocycles. The van der Waals surface area contributed by atoms with Crippen LogP contribution in [0.25, 0.3) is 0 Å². The highest BCUT2D eigenvalue weighted by Crippen LogP contribution is 2.24. The van der Waals surface area contributed by atoms with Crippen LogP contribution in [0.15, 0.2) is 40.9 Å². The summed E-state index contributed by atoms with van der Waals surface area (Å²) in [5.41, 5.74) is 0.999.